The lowest BCUT2D eigenvalue weighted by Gasteiger charge is -2.02. The zero-order valence-electron chi connectivity index (χ0n) is 8.17. The zero-order valence-corrected chi connectivity index (χ0v) is 9.76. The maximum atomic E-state index is 11.7. The van der Waals surface area contributed by atoms with Crippen molar-refractivity contribution in [2.45, 2.75) is 6.54 Å². The van der Waals surface area contributed by atoms with Crippen molar-refractivity contribution >= 4 is 26.8 Å². The molecule has 1 heterocycles. The van der Waals surface area contributed by atoms with Gasteiger partial charge in [-0.3, -0.25) is 4.79 Å². The van der Waals surface area contributed by atoms with Crippen LogP contribution in [0.2, 0.25) is 0 Å². The fourth-order valence-corrected chi connectivity index (χ4v) is 1.77. The van der Waals surface area contributed by atoms with Gasteiger partial charge in [0.15, 0.2) is 0 Å². The molecule has 5 heteroatoms. The van der Waals surface area contributed by atoms with Gasteiger partial charge >= 0.3 is 0 Å². The number of nitrogens with one attached hydrogen (secondary N) is 2. The molecule has 2 rings (SSSR count). The molecule has 0 spiro atoms. The Morgan fingerprint density at radius 1 is 1.53 bits per heavy atom. The van der Waals surface area contributed by atoms with E-state index in [0.717, 1.165) is 4.47 Å². The average Bonchev–Trinajstić information content (AvgIpc) is 2.20. The number of halogens is 1. The number of fused-ring (bicyclic) bond motifs is 1. The molecule has 0 atom stereocenters. The SMILES string of the molecule is CNCc1nc2ccc(Br)cc2c(=O)[nH]1. The molecule has 1 aromatic carbocycles. The highest BCUT2D eigenvalue weighted by Crippen LogP contribution is 2.14. The molecule has 2 N–H and O–H groups in total. The molecular weight excluding hydrogens is 258 g/mol. The highest BCUT2D eigenvalue weighted by Gasteiger charge is 2.03. The van der Waals surface area contributed by atoms with E-state index in [1.54, 1.807) is 6.07 Å². The quantitative estimate of drug-likeness (QED) is 0.865. The Kier molecular flexibility index (Phi) is 2.83. The summed E-state index contributed by atoms with van der Waals surface area (Å²) < 4.78 is 0.878. The molecule has 0 aliphatic heterocycles. The van der Waals surface area contributed by atoms with E-state index < -0.39 is 0 Å². The number of benzene rings is 1. The second-order valence-electron chi connectivity index (χ2n) is 3.20. The van der Waals surface area contributed by atoms with Crippen molar-refractivity contribution in [2.24, 2.45) is 0 Å². The molecule has 0 saturated heterocycles. The summed E-state index contributed by atoms with van der Waals surface area (Å²) >= 11 is 3.32. The number of nitrogens with zero attached hydrogens (tertiary/aromatic N) is 1. The van der Waals surface area contributed by atoms with Crippen LogP contribution in [0.3, 0.4) is 0 Å². The van der Waals surface area contributed by atoms with Gasteiger partial charge in [-0.2, -0.15) is 0 Å². The van der Waals surface area contributed by atoms with Gasteiger partial charge in [-0.25, -0.2) is 4.98 Å². The van der Waals surface area contributed by atoms with Crippen molar-refractivity contribution in [1.29, 1.82) is 0 Å². The first-order valence-electron chi connectivity index (χ1n) is 4.54. The molecule has 0 amide bonds. The normalized spacial score (nSPS) is 10.8. The Bertz CT molecular complexity index is 550. The van der Waals surface area contributed by atoms with Crippen LogP contribution >= 0.6 is 15.9 Å². The van der Waals surface area contributed by atoms with Crippen molar-refractivity contribution in [3.8, 4) is 0 Å². The molecule has 0 saturated carbocycles. The lowest BCUT2D eigenvalue weighted by Crippen LogP contribution is -2.16. The fourth-order valence-electron chi connectivity index (χ4n) is 1.41. The summed E-state index contributed by atoms with van der Waals surface area (Å²) in [7, 11) is 1.81. The van der Waals surface area contributed by atoms with E-state index in [2.05, 4.69) is 31.2 Å². The van der Waals surface area contributed by atoms with Crippen LogP contribution in [0.5, 0.6) is 0 Å². The topological polar surface area (TPSA) is 57.8 Å². The highest BCUT2D eigenvalue weighted by atomic mass is 79.9. The molecule has 0 aliphatic carbocycles. The van der Waals surface area contributed by atoms with Crippen LogP contribution in [-0.4, -0.2) is 17.0 Å². The van der Waals surface area contributed by atoms with Crippen LogP contribution in [0, 0.1) is 0 Å². The second-order valence-corrected chi connectivity index (χ2v) is 4.12. The summed E-state index contributed by atoms with van der Waals surface area (Å²) in [6.45, 7) is 0.557. The first-order chi connectivity index (χ1) is 7.20. The van der Waals surface area contributed by atoms with E-state index in [1.807, 2.05) is 19.2 Å². The largest absolute Gasteiger partial charge is 0.313 e. The minimum absolute atomic E-state index is 0.105. The number of hydrogen-bond donors (Lipinski definition) is 2. The molecule has 2 aromatic rings. The van der Waals surface area contributed by atoms with Gasteiger partial charge in [0, 0.05) is 4.47 Å². The van der Waals surface area contributed by atoms with Gasteiger partial charge in [0.05, 0.1) is 17.4 Å². The first kappa shape index (κ1) is 10.3. The molecule has 4 nitrogen and oxygen atoms in total. The Morgan fingerprint density at radius 2 is 2.33 bits per heavy atom. The van der Waals surface area contributed by atoms with Gasteiger partial charge < -0.3 is 10.3 Å². The van der Waals surface area contributed by atoms with Crippen LogP contribution in [0.4, 0.5) is 0 Å². The first-order valence-corrected chi connectivity index (χ1v) is 5.33. The third-order valence-corrected chi connectivity index (χ3v) is 2.55. The van der Waals surface area contributed by atoms with Gasteiger partial charge in [-0.05, 0) is 25.2 Å². The number of aromatic amines is 1. The van der Waals surface area contributed by atoms with Crippen molar-refractivity contribution in [3.63, 3.8) is 0 Å². The molecule has 0 fully saturated rings. The Labute approximate surface area is 94.9 Å². The van der Waals surface area contributed by atoms with Crippen LogP contribution in [0.1, 0.15) is 5.82 Å². The predicted molar refractivity (Wildman–Crippen MR) is 62.8 cm³/mol. The van der Waals surface area contributed by atoms with Gasteiger partial charge in [0.1, 0.15) is 5.82 Å². The monoisotopic (exact) mass is 267 g/mol. The minimum Gasteiger partial charge on any atom is -0.313 e. The van der Waals surface area contributed by atoms with Crippen LogP contribution in [0.15, 0.2) is 27.5 Å². The standard InChI is InChI=1S/C10H10BrN3O/c1-12-5-9-13-8-3-2-6(11)4-7(8)10(15)14-9/h2-4,12H,5H2,1H3,(H,13,14,15). The summed E-state index contributed by atoms with van der Waals surface area (Å²) in [5.41, 5.74) is 0.610. The van der Waals surface area contributed by atoms with Crippen molar-refractivity contribution in [2.75, 3.05) is 7.05 Å². The minimum atomic E-state index is -0.105. The molecule has 0 radical (unpaired) electrons. The van der Waals surface area contributed by atoms with Gasteiger partial charge in [0.25, 0.3) is 5.56 Å². The van der Waals surface area contributed by atoms with Gasteiger partial charge in [0.2, 0.25) is 0 Å². The van der Waals surface area contributed by atoms with E-state index in [-0.39, 0.29) is 5.56 Å². The van der Waals surface area contributed by atoms with Crippen molar-refractivity contribution in [1.82, 2.24) is 15.3 Å². The predicted octanol–water partition coefficient (Wildman–Crippen LogP) is 1.40. The van der Waals surface area contributed by atoms with E-state index in [4.69, 9.17) is 0 Å². The maximum absolute atomic E-state index is 11.7. The zero-order chi connectivity index (χ0) is 10.8. The van der Waals surface area contributed by atoms with E-state index >= 15 is 0 Å². The lowest BCUT2D eigenvalue weighted by atomic mass is 10.2. The third-order valence-electron chi connectivity index (χ3n) is 2.06. The number of rotatable bonds is 2. The van der Waals surface area contributed by atoms with Gasteiger partial charge in [-0.1, -0.05) is 15.9 Å². The van der Waals surface area contributed by atoms with E-state index in [9.17, 15) is 4.79 Å². The molecular formula is C10H10BrN3O. The Hall–Kier alpha value is -1.20. The Morgan fingerprint density at radius 3 is 3.07 bits per heavy atom. The summed E-state index contributed by atoms with van der Waals surface area (Å²) in [5, 5.41) is 3.55. The van der Waals surface area contributed by atoms with Crippen LogP contribution < -0.4 is 10.9 Å². The molecule has 0 aliphatic rings. The number of hydrogen-bond acceptors (Lipinski definition) is 3. The second kappa shape index (κ2) is 4.12. The smallest absolute Gasteiger partial charge is 0.258 e. The van der Waals surface area contributed by atoms with Crippen molar-refractivity contribution in [3.05, 3.63) is 38.9 Å². The average molecular weight is 268 g/mol. The Balaban J connectivity index is 2.67. The van der Waals surface area contributed by atoms with E-state index in [0.29, 0.717) is 23.3 Å². The van der Waals surface area contributed by atoms with E-state index in [1.165, 1.54) is 0 Å². The fraction of sp³-hybridized carbons (Fsp3) is 0.200. The number of aromatic nitrogens is 2. The van der Waals surface area contributed by atoms with Crippen LogP contribution in [0.25, 0.3) is 10.9 Å². The molecule has 15 heavy (non-hydrogen) atoms. The summed E-state index contributed by atoms with van der Waals surface area (Å²) in [6, 6.07) is 5.47. The van der Waals surface area contributed by atoms with Crippen molar-refractivity contribution < 1.29 is 0 Å². The third kappa shape index (κ3) is 2.08. The molecule has 0 unspecified atom stereocenters. The summed E-state index contributed by atoms with van der Waals surface area (Å²) in [6.07, 6.45) is 0. The molecule has 78 valence electrons. The highest BCUT2D eigenvalue weighted by molar-refractivity contribution is 9.10. The molecule has 1 aromatic heterocycles. The van der Waals surface area contributed by atoms with Crippen LogP contribution in [-0.2, 0) is 6.54 Å². The lowest BCUT2D eigenvalue weighted by molar-refractivity contribution is 0.760. The number of H-pyrrole nitrogens is 1. The molecule has 0 bridgehead atoms. The summed E-state index contributed by atoms with van der Waals surface area (Å²) in [4.78, 5) is 18.7. The maximum Gasteiger partial charge on any atom is 0.258 e. The van der Waals surface area contributed by atoms with Gasteiger partial charge in [-0.15, -0.1) is 0 Å². The summed E-state index contributed by atoms with van der Waals surface area (Å²) in [5.74, 6) is 0.650.